The minimum atomic E-state index is -0.550. The van der Waals surface area contributed by atoms with E-state index in [4.69, 9.17) is 9.72 Å². The maximum absolute atomic E-state index is 14.7. The molecule has 0 aliphatic heterocycles. The van der Waals surface area contributed by atoms with Crippen molar-refractivity contribution < 1.29 is 13.5 Å². The summed E-state index contributed by atoms with van der Waals surface area (Å²) in [6, 6.07) is 21.2. The fourth-order valence-electron chi connectivity index (χ4n) is 3.83. The zero-order valence-corrected chi connectivity index (χ0v) is 19.9. The molecule has 0 unspecified atom stereocenters. The van der Waals surface area contributed by atoms with Crippen LogP contribution in [0.2, 0.25) is 0 Å². The summed E-state index contributed by atoms with van der Waals surface area (Å²) < 4.78 is 33.6. The average molecular weight is 486 g/mol. The van der Waals surface area contributed by atoms with Crippen LogP contribution >= 0.6 is 0 Å². The maximum Gasteiger partial charge on any atom is 0.250 e. The minimum Gasteiger partial charge on any atom is -0.474 e. The molecule has 182 valence electrons. The molecule has 0 aliphatic rings. The van der Waals surface area contributed by atoms with E-state index in [1.165, 1.54) is 24.4 Å². The average Bonchev–Trinajstić information content (AvgIpc) is 3.31. The van der Waals surface area contributed by atoms with Gasteiger partial charge in [0.2, 0.25) is 0 Å². The second kappa shape index (κ2) is 10.1. The predicted molar refractivity (Wildman–Crippen MR) is 138 cm³/mol. The highest BCUT2D eigenvalue weighted by Gasteiger charge is 2.14. The molecule has 2 aromatic carbocycles. The second-order valence-electron chi connectivity index (χ2n) is 8.66. The van der Waals surface area contributed by atoms with Gasteiger partial charge in [-0.2, -0.15) is 0 Å². The van der Waals surface area contributed by atoms with Crippen LogP contribution in [0.25, 0.3) is 33.5 Å². The molecular weight excluding hydrogens is 460 g/mol. The third-order valence-electron chi connectivity index (χ3n) is 5.68. The van der Waals surface area contributed by atoms with Crippen molar-refractivity contribution in [1.82, 2.24) is 19.9 Å². The molecule has 5 rings (SSSR count). The lowest BCUT2D eigenvalue weighted by atomic mass is 10.1. The van der Waals surface area contributed by atoms with E-state index < -0.39 is 5.82 Å². The van der Waals surface area contributed by atoms with Crippen LogP contribution in [0.4, 0.5) is 20.2 Å². The smallest absolute Gasteiger partial charge is 0.250 e. The molecule has 0 bridgehead atoms. The first-order chi connectivity index (χ1) is 17.5. The van der Waals surface area contributed by atoms with Gasteiger partial charge < -0.3 is 19.9 Å². The Morgan fingerprint density at radius 1 is 0.944 bits per heavy atom. The number of rotatable bonds is 8. The molecule has 0 aliphatic carbocycles. The summed E-state index contributed by atoms with van der Waals surface area (Å²) in [5.41, 5.74) is 5.95. The first-order valence-electron chi connectivity index (χ1n) is 11.5. The number of aromatic nitrogens is 3. The van der Waals surface area contributed by atoms with E-state index in [0.717, 1.165) is 33.5 Å². The molecule has 0 saturated heterocycles. The number of aromatic amines is 1. The van der Waals surface area contributed by atoms with E-state index in [1.807, 2.05) is 61.5 Å². The Kier molecular flexibility index (Phi) is 6.60. The van der Waals surface area contributed by atoms with Gasteiger partial charge in [0, 0.05) is 23.9 Å². The van der Waals surface area contributed by atoms with Crippen LogP contribution < -0.4 is 10.1 Å². The van der Waals surface area contributed by atoms with Gasteiger partial charge in [0.15, 0.2) is 5.82 Å². The van der Waals surface area contributed by atoms with E-state index in [-0.39, 0.29) is 11.7 Å². The molecule has 3 heterocycles. The van der Waals surface area contributed by atoms with Gasteiger partial charge in [-0.15, -0.1) is 0 Å². The lowest BCUT2D eigenvalue weighted by molar-refractivity contribution is 0.244. The number of likely N-dealkylation sites (N-methyl/N-ethyl adjacent to an activating group) is 1. The van der Waals surface area contributed by atoms with Crippen molar-refractivity contribution in [2.45, 2.75) is 0 Å². The Balaban J connectivity index is 1.52. The molecule has 0 saturated carbocycles. The Morgan fingerprint density at radius 3 is 2.44 bits per heavy atom. The van der Waals surface area contributed by atoms with Gasteiger partial charge in [-0.3, -0.25) is 0 Å². The fourth-order valence-corrected chi connectivity index (χ4v) is 3.83. The molecule has 5 aromatic rings. The Hall–Kier alpha value is -4.30. The maximum atomic E-state index is 14.7. The fraction of sp³-hybridized carbons (Fsp3) is 0.143. The molecule has 0 radical (unpaired) electrons. The zero-order chi connectivity index (χ0) is 25.1. The van der Waals surface area contributed by atoms with Crippen LogP contribution in [0.15, 0.2) is 79.0 Å². The van der Waals surface area contributed by atoms with Gasteiger partial charge in [0.05, 0.1) is 34.3 Å². The normalized spacial score (nSPS) is 11.2. The van der Waals surface area contributed by atoms with E-state index in [9.17, 15) is 8.78 Å². The van der Waals surface area contributed by atoms with Crippen LogP contribution in [-0.4, -0.2) is 47.1 Å². The molecular formula is C28H25F2N5O. The Morgan fingerprint density at radius 2 is 1.72 bits per heavy atom. The van der Waals surface area contributed by atoms with Crippen LogP contribution in [0.5, 0.6) is 5.88 Å². The van der Waals surface area contributed by atoms with Crippen LogP contribution in [-0.2, 0) is 0 Å². The van der Waals surface area contributed by atoms with Crippen molar-refractivity contribution in [3.63, 3.8) is 0 Å². The number of pyridine rings is 2. The Labute approximate surface area is 207 Å². The number of fused-ring (bicyclic) bond motifs is 1. The van der Waals surface area contributed by atoms with Crippen molar-refractivity contribution in [1.29, 1.82) is 0 Å². The van der Waals surface area contributed by atoms with Crippen LogP contribution in [0, 0.1) is 11.6 Å². The van der Waals surface area contributed by atoms with Crippen molar-refractivity contribution in [2.75, 3.05) is 32.6 Å². The summed E-state index contributed by atoms with van der Waals surface area (Å²) in [6.45, 7) is 0.991. The highest BCUT2D eigenvalue weighted by Crippen LogP contribution is 2.33. The third-order valence-corrected chi connectivity index (χ3v) is 5.68. The summed E-state index contributed by atoms with van der Waals surface area (Å²) in [5.74, 6) is -0.887. The number of hydrogen-bond acceptors (Lipinski definition) is 5. The molecule has 6 nitrogen and oxygen atoms in total. The lowest BCUT2D eigenvalue weighted by Gasteiger charge is -2.13. The van der Waals surface area contributed by atoms with E-state index in [1.54, 1.807) is 12.1 Å². The Bertz CT molecular complexity index is 1480. The van der Waals surface area contributed by atoms with E-state index in [0.29, 0.717) is 24.5 Å². The third kappa shape index (κ3) is 5.18. The molecule has 8 heteroatoms. The number of ether oxygens (including phenoxy) is 1. The summed E-state index contributed by atoms with van der Waals surface area (Å²) >= 11 is 0. The first kappa shape index (κ1) is 23.4. The molecule has 0 fully saturated rings. The topological polar surface area (TPSA) is 66.1 Å². The lowest BCUT2D eigenvalue weighted by Crippen LogP contribution is -2.20. The monoisotopic (exact) mass is 485 g/mol. The number of anilines is 2. The summed E-state index contributed by atoms with van der Waals surface area (Å²) in [7, 11) is 3.84. The number of nitrogens with one attached hydrogen (secondary N) is 2. The van der Waals surface area contributed by atoms with Crippen molar-refractivity contribution in [3.05, 3.63) is 90.6 Å². The number of benzene rings is 2. The van der Waals surface area contributed by atoms with Gasteiger partial charge in [0.25, 0.3) is 5.88 Å². The first-order valence-corrected chi connectivity index (χ1v) is 11.5. The second-order valence-corrected chi connectivity index (χ2v) is 8.66. The number of H-pyrrole nitrogens is 1. The number of hydrogen-bond donors (Lipinski definition) is 2. The molecule has 36 heavy (non-hydrogen) atoms. The molecule has 3 aromatic heterocycles. The largest absolute Gasteiger partial charge is 0.474 e. The molecule has 2 N–H and O–H groups in total. The van der Waals surface area contributed by atoms with Gasteiger partial charge in [-0.25, -0.2) is 18.7 Å². The molecule has 0 amide bonds. The van der Waals surface area contributed by atoms with E-state index in [2.05, 4.69) is 15.3 Å². The van der Waals surface area contributed by atoms with E-state index >= 15 is 0 Å². The van der Waals surface area contributed by atoms with Gasteiger partial charge in [-0.1, -0.05) is 30.3 Å². The summed E-state index contributed by atoms with van der Waals surface area (Å²) in [6.07, 6.45) is 1.53. The molecule has 0 atom stereocenters. The van der Waals surface area contributed by atoms with Crippen molar-refractivity contribution in [2.24, 2.45) is 0 Å². The van der Waals surface area contributed by atoms with Crippen LogP contribution in [0.1, 0.15) is 0 Å². The highest BCUT2D eigenvalue weighted by atomic mass is 19.1. The molecule has 0 spiro atoms. The van der Waals surface area contributed by atoms with Crippen molar-refractivity contribution >= 4 is 22.4 Å². The van der Waals surface area contributed by atoms with Crippen molar-refractivity contribution in [3.8, 4) is 28.4 Å². The quantitative estimate of drug-likeness (QED) is 0.272. The number of nitrogens with zero attached hydrogens (tertiary/aromatic N) is 3. The predicted octanol–water partition coefficient (Wildman–Crippen LogP) is 6.25. The number of halogens is 2. The zero-order valence-electron chi connectivity index (χ0n) is 19.9. The minimum absolute atomic E-state index is 0.0364. The van der Waals surface area contributed by atoms with Gasteiger partial charge >= 0.3 is 0 Å². The standard InChI is InChI=1S/C28H25F2N5O/c1-35(2)12-13-36-28-22(30)14-21(17-31-28)32-25-15-23(18-6-4-3-5-7-18)33-26-16-24(34-27(25)26)19-8-10-20(29)11-9-19/h3-11,14-17,34H,12-13H2,1-2H3,(H,32,33). The summed E-state index contributed by atoms with van der Waals surface area (Å²) in [5, 5.41) is 3.28. The van der Waals surface area contributed by atoms with Gasteiger partial charge in [-0.05, 0) is 56.1 Å². The summed E-state index contributed by atoms with van der Waals surface area (Å²) in [4.78, 5) is 14.3. The SMILES string of the molecule is CN(C)CCOc1ncc(Nc2cc(-c3ccccc3)nc3cc(-c4ccc(F)cc4)[nH]c23)cc1F. The van der Waals surface area contributed by atoms with Gasteiger partial charge in [0.1, 0.15) is 12.4 Å². The highest BCUT2D eigenvalue weighted by molar-refractivity contribution is 5.96. The van der Waals surface area contributed by atoms with Crippen LogP contribution in [0.3, 0.4) is 0 Å².